The highest BCUT2D eigenvalue weighted by atomic mass is 16.5. The summed E-state index contributed by atoms with van der Waals surface area (Å²) in [6.45, 7) is 7.20. The van der Waals surface area contributed by atoms with Gasteiger partial charge in [0.1, 0.15) is 5.75 Å². The van der Waals surface area contributed by atoms with Crippen LogP contribution in [0.3, 0.4) is 0 Å². The summed E-state index contributed by atoms with van der Waals surface area (Å²) in [5, 5.41) is 7.81. The van der Waals surface area contributed by atoms with Gasteiger partial charge in [0.25, 0.3) is 0 Å². The Labute approximate surface area is 114 Å². The maximum atomic E-state index is 5.22. The molecule has 1 heterocycles. The van der Waals surface area contributed by atoms with Crippen molar-refractivity contribution < 1.29 is 4.74 Å². The maximum absolute atomic E-state index is 5.22. The third-order valence-corrected chi connectivity index (χ3v) is 3.28. The van der Waals surface area contributed by atoms with Crippen molar-refractivity contribution in [2.75, 3.05) is 12.4 Å². The highest BCUT2D eigenvalue weighted by Gasteiger charge is 2.09. The quantitative estimate of drug-likeness (QED) is 0.894. The number of hydrogen-bond acceptors (Lipinski definition) is 3. The minimum absolute atomic E-state index is 0.229. The Morgan fingerprint density at radius 1 is 1.42 bits per heavy atom. The number of benzene rings is 1. The van der Waals surface area contributed by atoms with Gasteiger partial charge in [-0.25, -0.2) is 0 Å². The van der Waals surface area contributed by atoms with Crippen LogP contribution in [0.15, 0.2) is 30.6 Å². The molecule has 4 nitrogen and oxygen atoms in total. The number of anilines is 1. The lowest BCUT2D eigenvalue weighted by Crippen LogP contribution is -2.07. The number of aromatic nitrogens is 2. The molecular formula is C15H21N3O. The fourth-order valence-electron chi connectivity index (χ4n) is 2.02. The van der Waals surface area contributed by atoms with Crippen LogP contribution >= 0.6 is 0 Å². The van der Waals surface area contributed by atoms with Crippen LogP contribution in [0.4, 0.5) is 5.69 Å². The maximum Gasteiger partial charge on any atom is 0.119 e. The molecule has 1 N–H and O–H groups in total. The molecular weight excluding hydrogens is 238 g/mol. The Bertz CT molecular complexity index is 548. The number of hydrogen-bond donors (Lipinski definition) is 1. The Morgan fingerprint density at radius 2 is 2.21 bits per heavy atom. The van der Waals surface area contributed by atoms with Crippen LogP contribution in [-0.4, -0.2) is 16.9 Å². The van der Waals surface area contributed by atoms with Crippen molar-refractivity contribution in [1.82, 2.24) is 9.78 Å². The van der Waals surface area contributed by atoms with E-state index in [1.807, 2.05) is 23.0 Å². The summed E-state index contributed by atoms with van der Waals surface area (Å²) < 4.78 is 7.16. The van der Waals surface area contributed by atoms with Crippen molar-refractivity contribution in [2.24, 2.45) is 0 Å². The van der Waals surface area contributed by atoms with E-state index in [1.54, 1.807) is 7.11 Å². The minimum atomic E-state index is 0.229. The summed E-state index contributed by atoms with van der Waals surface area (Å²) in [6.07, 6.45) is 4.00. The second kappa shape index (κ2) is 5.78. The molecule has 2 rings (SSSR count). The Hall–Kier alpha value is -1.97. The van der Waals surface area contributed by atoms with Crippen molar-refractivity contribution in [3.05, 3.63) is 41.7 Å². The normalized spacial score (nSPS) is 12.2. The van der Waals surface area contributed by atoms with Gasteiger partial charge in [0, 0.05) is 24.0 Å². The molecule has 0 aliphatic heterocycles. The van der Waals surface area contributed by atoms with E-state index in [9.17, 15) is 0 Å². The molecule has 0 spiro atoms. The number of aryl methyl sites for hydroxylation is 2. The third-order valence-electron chi connectivity index (χ3n) is 3.28. The summed E-state index contributed by atoms with van der Waals surface area (Å²) in [5.74, 6) is 0.884. The lowest BCUT2D eigenvalue weighted by atomic mass is 10.1. The molecule has 1 aromatic carbocycles. The van der Waals surface area contributed by atoms with Gasteiger partial charge < -0.3 is 10.1 Å². The average molecular weight is 259 g/mol. The van der Waals surface area contributed by atoms with Crippen molar-refractivity contribution >= 4 is 5.69 Å². The monoisotopic (exact) mass is 259 g/mol. The molecule has 2 aromatic rings. The van der Waals surface area contributed by atoms with Gasteiger partial charge in [0.05, 0.1) is 19.3 Å². The molecule has 1 unspecified atom stereocenters. The van der Waals surface area contributed by atoms with Crippen molar-refractivity contribution in [3.8, 4) is 5.75 Å². The molecule has 1 aromatic heterocycles. The number of rotatable bonds is 5. The van der Waals surface area contributed by atoms with E-state index in [-0.39, 0.29) is 6.04 Å². The second-order valence-electron chi connectivity index (χ2n) is 4.68. The summed E-state index contributed by atoms with van der Waals surface area (Å²) in [4.78, 5) is 0. The summed E-state index contributed by atoms with van der Waals surface area (Å²) in [5.41, 5.74) is 3.49. The van der Waals surface area contributed by atoms with Crippen LogP contribution in [0.1, 0.15) is 31.0 Å². The molecule has 4 heteroatoms. The summed E-state index contributed by atoms with van der Waals surface area (Å²) >= 11 is 0. The molecule has 19 heavy (non-hydrogen) atoms. The Balaban J connectivity index is 2.12. The number of ether oxygens (including phenoxy) is 1. The first kappa shape index (κ1) is 13.5. The molecule has 1 atom stereocenters. The zero-order valence-electron chi connectivity index (χ0n) is 12.0. The van der Waals surface area contributed by atoms with Crippen LogP contribution < -0.4 is 10.1 Å². The van der Waals surface area contributed by atoms with Gasteiger partial charge in [0.15, 0.2) is 0 Å². The van der Waals surface area contributed by atoms with Gasteiger partial charge in [0.2, 0.25) is 0 Å². The van der Waals surface area contributed by atoms with Crippen LogP contribution in [0, 0.1) is 6.92 Å². The van der Waals surface area contributed by atoms with Crippen molar-refractivity contribution in [3.63, 3.8) is 0 Å². The molecule has 0 amide bonds. The minimum Gasteiger partial charge on any atom is -0.497 e. The molecule has 0 saturated heterocycles. The first-order valence-electron chi connectivity index (χ1n) is 6.57. The number of methoxy groups -OCH3 is 1. The molecule has 0 saturated carbocycles. The number of nitrogens with zero attached hydrogens (tertiary/aromatic N) is 2. The van der Waals surface area contributed by atoms with Gasteiger partial charge in [-0.1, -0.05) is 0 Å². The van der Waals surface area contributed by atoms with Gasteiger partial charge in [-0.3, -0.25) is 4.68 Å². The molecule has 102 valence electrons. The lowest BCUT2D eigenvalue weighted by molar-refractivity contribution is 0.414. The predicted octanol–water partition coefficient (Wildman–Crippen LogP) is 3.39. The van der Waals surface area contributed by atoms with Crippen LogP contribution in [0.5, 0.6) is 5.75 Å². The Morgan fingerprint density at radius 3 is 2.79 bits per heavy atom. The van der Waals surface area contributed by atoms with Gasteiger partial charge >= 0.3 is 0 Å². The van der Waals surface area contributed by atoms with Crippen LogP contribution in [0.2, 0.25) is 0 Å². The van der Waals surface area contributed by atoms with E-state index in [1.165, 1.54) is 11.1 Å². The topological polar surface area (TPSA) is 39.1 Å². The van der Waals surface area contributed by atoms with E-state index < -0.39 is 0 Å². The lowest BCUT2D eigenvalue weighted by Gasteiger charge is -2.16. The molecule has 0 aliphatic carbocycles. The smallest absolute Gasteiger partial charge is 0.119 e. The number of nitrogens with one attached hydrogen (secondary N) is 1. The highest BCUT2D eigenvalue weighted by molar-refractivity contribution is 5.54. The van der Waals surface area contributed by atoms with Crippen molar-refractivity contribution in [2.45, 2.75) is 33.4 Å². The van der Waals surface area contributed by atoms with Crippen LogP contribution in [-0.2, 0) is 6.54 Å². The van der Waals surface area contributed by atoms with Crippen LogP contribution in [0.25, 0.3) is 0 Å². The Kier molecular flexibility index (Phi) is 4.10. The van der Waals surface area contributed by atoms with Gasteiger partial charge in [-0.15, -0.1) is 0 Å². The fraction of sp³-hybridized carbons (Fsp3) is 0.400. The first-order chi connectivity index (χ1) is 9.13. The molecule has 0 radical (unpaired) electrons. The summed E-state index contributed by atoms with van der Waals surface area (Å²) in [7, 11) is 1.68. The molecule has 0 bridgehead atoms. The first-order valence-corrected chi connectivity index (χ1v) is 6.57. The van der Waals surface area contributed by atoms with Crippen molar-refractivity contribution in [1.29, 1.82) is 0 Å². The van der Waals surface area contributed by atoms with E-state index in [0.717, 1.165) is 18.0 Å². The zero-order chi connectivity index (χ0) is 13.8. The average Bonchev–Trinajstić information content (AvgIpc) is 2.90. The zero-order valence-corrected chi connectivity index (χ0v) is 12.0. The summed E-state index contributed by atoms with van der Waals surface area (Å²) in [6, 6.07) is 6.28. The largest absolute Gasteiger partial charge is 0.497 e. The van der Waals surface area contributed by atoms with E-state index in [0.29, 0.717) is 0 Å². The van der Waals surface area contributed by atoms with Gasteiger partial charge in [-0.05, 0) is 44.5 Å². The third kappa shape index (κ3) is 3.08. The SMILES string of the molecule is CCn1cc(C(C)Nc2ccc(OC)cc2C)cn1. The van der Waals surface area contributed by atoms with E-state index in [2.05, 4.69) is 43.4 Å². The van der Waals surface area contributed by atoms with E-state index >= 15 is 0 Å². The second-order valence-corrected chi connectivity index (χ2v) is 4.68. The molecule has 0 aliphatic rings. The van der Waals surface area contributed by atoms with E-state index in [4.69, 9.17) is 4.74 Å². The predicted molar refractivity (Wildman–Crippen MR) is 77.7 cm³/mol. The molecule has 0 fully saturated rings. The highest BCUT2D eigenvalue weighted by Crippen LogP contribution is 2.25. The van der Waals surface area contributed by atoms with Gasteiger partial charge in [-0.2, -0.15) is 5.10 Å². The standard InChI is InChI=1S/C15H21N3O/c1-5-18-10-13(9-16-18)12(3)17-15-7-6-14(19-4)8-11(15)2/h6-10,12,17H,5H2,1-4H3. The fourth-order valence-corrected chi connectivity index (χ4v) is 2.02.